The predicted molar refractivity (Wildman–Crippen MR) is 146 cm³/mol. The van der Waals surface area contributed by atoms with Gasteiger partial charge in [0.1, 0.15) is 0 Å². The Morgan fingerprint density at radius 3 is 2.31 bits per heavy atom. The fourth-order valence-electron chi connectivity index (χ4n) is 4.94. The molecule has 0 saturated carbocycles. The van der Waals surface area contributed by atoms with Crippen molar-refractivity contribution >= 4 is 14.1 Å². The smallest absolute Gasteiger partial charge is 0.192 e. The second-order valence-corrected chi connectivity index (χ2v) is 17.1. The van der Waals surface area contributed by atoms with E-state index in [1.807, 2.05) is 18.5 Å². The molecule has 0 bridgehead atoms. The summed E-state index contributed by atoms with van der Waals surface area (Å²) >= 11 is 0. The van der Waals surface area contributed by atoms with Crippen LogP contribution in [0.15, 0.2) is 54.9 Å². The Bertz CT molecular complexity index is 1190. The first-order valence-corrected chi connectivity index (χ1v) is 15.7. The van der Waals surface area contributed by atoms with E-state index >= 15 is 0 Å². The molecule has 0 fully saturated rings. The van der Waals surface area contributed by atoms with Crippen molar-refractivity contribution in [2.45, 2.75) is 78.6 Å². The van der Waals surface area contributed by atoms with E-state index in [0.717, 1.165) is 41.8 Å². The quantitative estimate of drug-likeness (QED) is 0.327. The fourth-order valence-corrected chi connectivity index (χ4v) is 5.98. The fraction of sp³-hybridized carbons (Fsp3) is 0.467. The molecule has 0 aliphatic heterocycles. The van der Waals surface area contributed by atoms with Crippen LogP contribution in [0.25, 0.3) is 11.3 Å². The Balaban J connectivity index is 1.85. The Labute approximate surface area is 211 Å². The topological polar surface area (TPSA) is 44.1 Å². The minimum atomic E-state index is -1.88. The Morgan fingerprint density at radius 2 is 1.69 bits per heavy atom. The summed E-state index contributed by atoms with van der Waals surface area (Å²) in [5, 5.41) is 0.160. The van der Waals surface area contributed by atoms with Crippen LogP contribution in [0.4, 0.5) is 0 Å². The third kappa shape index (κ3) is 5.36. The molecule has 2 aromatic heterocycles. The van der Waals surface area contributed by atoms with Crippen LogP contribution in [0, 0.1) is 5.41 Å². The molecule has 3 aromatic rings. The summed E-state index contributed by atoms with van der Waals surface area (Å²) in [7, 11) is -1.88. The second kappa shape index (κ2) is 9.51. The van der Waals surface area contributed by atoms with Gasteiger partial charge in [0.15, 0.2) is 14.1 Å². The van der Waals surface area contributed by atoms with E-state index in [4.69, 9.17) is 4.43 Å². The number of hydrogen-bond acceptors (Lipinski definition) is 3. The molecule has 0 atom stereocenters. The van der Waals surface area contributed by atoms with Crippen molar-refractivity contribution in [2.24, 2.45) is 5.41 Å². The molecule has 1 aliphatic rings. The van der Waals surface area contributed by atoms with Gasteiger partial charge in [0.25, 0.3) is 0 Å². The molecule has 0 amide bonds. The summed E-state index contributed by atoms with van der Waals surface area (Å²) in [5.41, 5.74) is 6.67. The van der Waals surface area contributed by atoms with Crippen molar-refractivity contribution in [1.29, 1.82) is 0 Å². The van der Waals surface area contributed by atoms with Crippen LogP contribution in [0.5, 0.6) is 0 Å². The van der Waals surface area contributed by atoms with Gasteiger partial charge in [-0.05, 0) is 53.2 Å². The van der Waals surface area contributed by atoms with E-state index < -0.39 is 8.32 Å². The lowest BCUT2D eigenvalue weighted by Gasteiger charge is -2.36. The minimum absolute atomic E-state index is 0.0556. The van der Waals surface area contributed by atoms with Crippen molar-refractivity contribution in [3.63, 3.8) is 0 Å². The highest BCUT2D eigenvalue weighted by atomic mass is 28.4. The number of benzene rings is 1. The molecule has 0 saturated heterocycles. The highest BCUT2D eigenvalue weighted by Crippen LogP contribution is 2.43. The molecule has 0 N–H and O–H groups in total. The standard InChI is InChI=1S/C30H40N2O2Si/c1-29(2,3)35(6,7)34-18-17-32-25-20-30(4,5)21-26(33)27(25)24(19-22-11-9-8-10-12-22)28(32)23-13-15-31-16-14-23/h8-16H,17-21H2,1-7H3. The molecule has 1 aromatic carbocycles. The van der Waals surface area contributed by atoms with Gasteiger partial charge in [0.2, 0.25) is 0 Å². The third-order valence-corrected chi connectivity index (χ3v) is 12.3. The first kappa shape index (κ1) is 25.6. The van der Waals surface area contributed by atoms with Crippen molar-refractivity contribution in [3.8, 4) is 11.3 Å². The van der Waals surface area contributed by atoms with E-state index in [2.05, 4.69) is 93.7 Å². The molecular formula is C30H40N2O2Si. The molecule has 0 unspecified atom stereocenters. The lowest BCUT2D eigenvalue weighted by atomic mass is 9.75. The summed E-state index contributed by atoms with van der Waals surface area (Å²) in [6.45, 7) is 17.2. The number of ketones is 1. The summed E-state index contributed by atoms with van der Waals surface area (Å²) in [6.07, 6.45) is 5.90. The number of nitrogens with zero attached hydrogens (tertiary/aromatic N) is 2. The SMILES string of the molecule is CC1(C)CC(=O)c2c(Cc3ccccc3)c(-c3ccncc3)n(CCO[Si](C)(C)C(C)(C)C)c2C1. The summed E-state index contributed by atoms with van der Waals surface area (Å²) < 4.78 is 9.00. The number of carbonyl (C=O) groups is 1. The zero-order valence-corrected chi connectivity index (χ0v) is 23.4. The van der Waals surface area contributed by atoms with Crippen molar-refractivity contribution in [2.75, 3.05) is 6.61 Å². The minimum Gasteiger partial charge on any atom is -0.415 e. The second-order valence-electron chi connectivity index (χ2n) is 12.2. The van der Waals surface area contributed by atoms with E-state index in [9.17, 15) is 4.79 Å². The van der Waals surface area contributed by atoms with Crippen molar-refractivity contribution < 1.29 is 9.22 Å². The van der Waals surface area contributed by atoms with Gasteiger partial charge in [0, 0.05) is 48.6 Å². The van der Waals surface area contributed by atoms with Crippen LogP contribution in [0.3, 0.4) is 0 Å². The van der Waals surface area contributed by atoms with E-state index in [1.165, 1.54) is 11.3 Å². The maximum atomic E-state index is 13.6. The molecule has 4 rings (SSSR count). The van der Waals surface area contributed by atoms with E-state index in [-0.39, 0.29) is 16.2 Å². The molecule has 35 heavy (non-hydrogen) atoms. The molecule has 4 nitrogen and oxygen atoms in total. The number of fused-ring (bicyclic) bond motifs is 1. The zero-order chi connectivity index (χ0) is 25.4. The average Bonchev–Trinajstić information content (AvgIpc) is 3.06. The summed E-state index contributed by atoms with van der Waals surface area (Å²) in [6, 6.07) is 14.6. The van der Waals surface area contributed by atoms with Gasteiger partial charge in [-0.3, -0.25) is 9.78 Å². The third-order valence-electron chi connectivity index (χ3n) is 7.80. The van der Waals surface area contributed by atoms with E-state index in [1.54, 1.807) is 0 Å². The predicted octanol–water partition coefficient (Wildman–Crippen LogP) is 7.32. The van der Waals surface area contributed by atoms with Crippen LogP contribution in [0.1, 0.15) is 68.2 Å². The van der Waals surface area contributed by atoms with Crippen molar-refractivity contribution in [1.82, 2.24) is 9.55 Å². The lowest BCUT2D eigenvalue weighted by molar-refractivity contribution is 0.0908. The number of pyridine rings is 1. The molecule has 2 heterocycles. The van der Waals surface area contributed by atoms with Gasteiger partial charge in [-0.1, -0.05) is 65.0 Å². The largest absolute Gasteiger partial charge is 0.415 e. The normalized spacial score (nSPS) is 15.8. The highest BCUT2D eigenvalue weighted by Gasteiger charge is 2.39. The monoisotopic (exact) mass is 488 g/mol. The average molecular weight is 489 g/mol. The molecule has 5 heteroatoms. The van der Waals surface area contributed by atoms with Gasteiger partial charge in [-0.15, -0.1) is 0 Å². The van der Waals surface area contributed by atoms with Crippen LogP contribution in [-0.4, -0.2) is 30.3 Å². The first-order chi connectivity index (χ1) is 16.4. The molecule has 0 radical (unpaired) electrons. The van der Waals surface area contributed by atoms with Crippen LogP contribution >= 0.6 is 0 Å². The number of rotatable bonds is 7. The van der Waals surface area contributed by atoms with Gasteiger partial charge in [0.05, 0.1) is 12.3 Å². The van der Waals surface area contributed by atoms with Gasteiger partial charge >= 0.3 is 0 Å². The molecule has 1 aliphatic carbocycles. The molecule has 186 valence electrons. The lowest BCUT2D eigenvalue weighted by Crippen LogP contribution is -2.41. The first-order valence-electron chi connectivity index (χ1n) is 12.8. The van der Waals surface area contributed by atoms with Crippen LogP contribution in [-0.2, 0) is 23.8 Å². The number of carbonyl (C=O) groups excluding carboxylic acids is 1. The Hall–Kier alpha value is -2.50. The Morgan fingerprint density at radius 1 is 1.03 bits per heavy atom. The van der Waals surface area contributed by atoms with Gasteiger partial charge in [-0.2, -0.15) is 0 Å². The molecule has 0 spiro atoms. The zero-order valence-electron chi connectivity index (χ0n) is 22.4. The Kier molecular flexibility index (Phi) is 6.95. The van der Waals surface area contributed by atoms with Gasteiger partial charge < -0.3 is 8.99 Å². The number of hydrogen-bond donors (Lipinski definition) is 0. The number of Topliss-reactive ketones (excluding diaryl/α,β-unsaturated/α-hetero) is 1. The summed E-state index contributed by atoms with van der Waals surface area (Å²) in [5.74, 6) is 0.265. The number of aromatic nitrogens is 2. The molecular weight excluding hydrogens is 448 g/mol. The van der Waals surface area contributed by atoms with E-state index in [0.29, 0.717) is 13.0 Å². The van der Waals surface area contributed by atoms with Crippen molar-refractivity contribution in [3.05, 3.63) is 77.2 Å². The van der Waals surface area contributed by atoms with Crippen LogP contribution < -0.4 is 0 Å². The maximum Gasteiger partial charge on any atom is 0.192 e. The maximum absolute atomic E-state index is 13.6. The van der Waals surface area contributed by atoms with Gasteiger partial charge in [-0.25, -0.2) is 0 Å². The summed E-state index contributed by atoms with van der Waals surface area (Å²) in [4.78, 5) is 17.9. The highest BCUT2D eigenvalue weighted by molar-refractivity contribution is 6.74. The van der Waals surface area contributed by atoms with Crippen LogP contribution in [0.2, 0.25) is 18.1 Å².